The van der Waals surface area contributed by atoms with Crippen LogP contribution in [-0.2, 0) is 17.3 Å². The molecule has 1 heterocycles. The third kappa shape index (κ3) is 3.22. The molecule has 1 aliphatic rings. The van der Waals surface area contributed by atoms with Crippen LogP contribution in [0.15, 0.2) is 29.4 Å². The molecule has 1 N–H and O–H groups in total. The number of aryl methyl sites for hydroxylation is 1. The molecule has 7 nitrogen and oxygen atoms in total. The first kappa shape index (κ1) is 17.7. The van der Waals surface area contributed by atoms with Crippen LogP contribution in [0.5, 0.6) is 5.75 Å². The highest BCUT2D eigenvalue weighted by Gasteiger charge is 2.66. The van der Waals surface area contributed by atoms with Gasteiger partial charge in [0.25, 0.3) is 0 Å². The van der Waals surface area contributed by atoms with Crippen molar-refractivity contribution >= 4 is 17.7 Å². The first-order chi connectivity index (χ1) is 11.9. The highest BCUT2D eigenvalue weighted by Crippen LogP contribution is 2.64. The van der Waals surface area contributed by atoms with Crippen LogP contribution in [0.1, 0.15) is 25.8 Å². The van der Waals surface area contributed by atoms with Gasteiger partial charge in [0.05, 0.1) is 12.5 Å². The van der Waals surface area contributed by atoms with Gasteiger partial charge in [-0.15, -0.1) is 5.10 Å². The Hall–Kier alpha value is -2.09. The maximum Gasteiger partial charge on any atom is 0.231 e. The van der Waals surface area contributed by atoms with Gasteiger partial charge in [-0.1, -0.05) is 37.7 Å². The Labute approximate surface area is 151 Å². The van der Waals surface area contributed by atoms with Gasteiger partial charge in [-0.25, -0.2) is 4.68 Å². The molecule has 25 heavy (non-hydrogen) atoms. The van der Waals surface area contributed by atoms with E-state index in [1.165, 1.54) is 11.8 Å². The van der Waals surface area contributed by atoms with Crippen molar-refractivity contribution in [3.05, 3.63) is 29.8 Å². The molecule has 134 valence electrons. The summed E-state index contributed by atoms with van der Waals surface area (Å²) in [6, 6.07) is 7.81. The zero-order valence-corrected chi connectivity index (χ0v) is 15.8. The fourth-order valence-electron chi connectivity index (χ4n) is 3.31. The van der Waals surface area contributed by atoms with E-state index < -0.39 is 5.41 Å². The van der Waals surface area contributed by atoms with Gasteiger partial charge < -0.3 is 10.1 Å². The summed E-state index contributed by atoms with van der Waals surface area (Å²) in [5.74, 6) is 1.60. The number of rotatable bonds is 7. The zero-order valence-electron chi connectivity index (χ0n) is 14.9. The molecular weight excluding hydrogens is 338 g/mol. The predicted octanol–water partition coefficient (Wildman–Crippen LogP) is 1.79. The first-order valence-electron chi connectivity index (χ1n) is 8.19. The van der Waals surface area contributed by atoms with Gasteiger partial charge in [-0.3, -0.25) is 4.79 Å². The van der Waals surface area contributed by atoms with Crippen LogP contribution >= 0.6 is 11.8 Å². The molecule has 1 aromatic heterocycles. The number of carbonyl (C=O) groups is 1. The van der Waals surface area contributed by atoms with Crippen molar-refractivity contribution in [3.63, 3.8) is 0 Å². The number of carbonyl (C=O) groups excluding carboxylic acids is 1. The van der Waals surface area contributed by atoms with Crippen LogP contribution in [-0.4, -0.2) is 45.5 Å². The van der Waals surface area contributed by atoms with Crippen molar-refractivity contribution in [2.45, 2.75) is 30.8 Å². The molecule has 0 bridgehead atoms. The average Bonchev–Trinajstić information content (AvgIpc) is 2.97. The van der Waals surface area contributed by atoms with Crippen LogP contribution in [0.25, 0.3) is 0 Å². The molecule has 0 saturated heterocycles. The van der Waals surface area contributed by atoms with E-state index in [0.717, 1.165) is 28.6 Å². The number of tetrazole rings is 1. The van der Waals surface area contributed by atoms with Gasteiger partial charge in [-0.05, 0) is 40.0 Å². The number of hydrogen-bond acceptors (Lipinski definition) is 6. The lowest BCUT2D eigenvalue weighted by Gasteiger charge is -2.21. The van der Waals surface area contributed by atoms with E-state index in [1.54, 1.807) is 18.8 Å². The topological polar surface area (TPSA) is 81.9 Å². The lowest BCUT2D eigenvalue weighted by atomic mass is 9.87. The van der Waals surface area contributed by atoms with Crippen LogP contribution in [0.4, 0.5) is 0 Å². The molecule has 1 amide bonds. The minimum Gasteiger partial charge on any atom is -0.497 e. The van der Waals surface area contributed by atoms with E-state index in [9.17, 15) is 4.79 Å². The number of amides is 1. The average molecular weight is 361 g/mol. The maximum absolute atomic E-state index is 12.9. The second kappa shape index (κ2) is 6.67. The van der Waals surface area contributed by atoms with Crippen molar-refractivity contribution < 1.29 is 9.53 Å². The number of ether oxygens (including phenoxy) is 1. The zero-order chi connectivity index (χ0) is 18.1. The van der Waals surface area contributed by atoms with Gasteiger partial charge in [0.15, 0.2) is 0 Å². The lowest BCUT2D eigenvalue weighted by Crippen LogP contribution is -2.38. The Bertz CT molecular complexity index is 759. The summed E-state index contributed by atoms with van der Waals surface area (Å²) in [4.78, 5) is 12.9. The smallest absolute Gasteiger partial charge is 0.231 e. The molecule has 2 aromatic rings. The van der Waals surface area contributed by atoms with Crippen molar-refractivity contribution in [2.24, 2.45) is 12.5 Å². The molecule has 1 saturated carbocycles. The van der Waals surface area contributed by atoms with E-state index >= 15 is 0 Å². The van der Waals surface area contributed by atoms with E-state index in [2.05, 4.69) is 34.7 Å². The summed E-state index contributed by atoms with van der Waals surface area (Å²) in [6.45, 7) is 4.85. The van der Waals surface area contributed by atoms with Crippen molar-refractivity contribution in [1.29, 1.82) is 0 Å². The lowest BCUT2D eigenvalue weighted by molar-refractivity contribution is -0.124. The van der Waals surface area contributed by atoms with E-state index in [-0.39, 0.29) is 11.3 Å². The predicted molar refractivity (Wildman–Crippen MR) is 95.6 cm³/mol. The second-order valence-corrected chi connectivity index (χ2v) is 7.95. The van der Waals surface area contributed by atoms with E-state index in [0.29, 0.717) is 6.54 Å². The number of nitrogens with zero attached hydrogens (tertiary/aromatic N) is 4. The standard InChI is InChI=1S/C17H23N5O2S/c1-16(2)11-17(16,12-5-7-13(24-4)8-6-12)14(23)18-9-10-25-15-19-20-21-22(15)3/h5-8H,9-11H2,1-4H3,(H,18,23)/t17-/m0/s1. The fourth-order valence-corrected chi connectivity index (χ4v) is 4.01. The molecule has 0 aliphatic heterocycles. The third-order valence-electron chi connectivity index (χ3n) is 4.91. The summed E-state index contributed by atoms with van der Waals surface area (Å²) in [5.41, 5.74) is 0.531. The number of aromatic nitrogens is 4. The summed E-state index contributed by atoms with van der Waals surface area (Å²) in [5, 5.41) is 15.1. The maximum atomic E-state index is 12.9. The van der Waals surface area contributed by atoms with Gasteiger partial charge in [0.2, 0.25) is 11.1 Å². The summed E-state index contributed by atoms with van der Waals surface area (Å²) >= 11 is 1.52. The Morgan fingerprint density at radius 3 is 2.56 bits per heavy atom. The number of thioether (sulfide) groups is 1. The molecule has 1 fully saturated rings. The molecular formula is C17H23N5O2S. The fraction of sp³-hybridized carbons (Fsp3) is 0.529. The number of hydrogen-bond donors (Lipinski definition) is 1. The quantitative estimate of drug-likeness (QED) is 0.598. The molecule has 3 rings (SSSR count). The van der Waals surface area contributed by atoms with Crippen molar-refractivity contribution in [1.82, 2.24) is 25.5 Å². The molecule has 0 unspecified atom stereocenters. The molecule has 1 atom stereocenters. The minimum absolute atomic E-state index is 0.0493. The Kier molecular flexibility index (Phi) is 4.73. The van der Waals surface area contributed by atoms with Crippen LogP contribution in [0.2, 0.25) is 0 Å². The van der Waals surface area contributed by atoms with Gasteiger partial charge in [0.1, 0.15) is 5.75 Å². The van der Waals surface area contributed by atoms with E-state index in [4.69, 9.17) is 4.74 Å². The van der Waals surface area contributed by atoms with Crippen molar-refractivity contribution in [2.75, 3.05) is 19.4 Å². The molecule has 1 aliphatic carbocycles. The van der Waals surface area contributed by atoms with Crippen LogP contribution in [0.3, 0.4) is 0 Å². The first-order valence-corrected chi connectivity index (χ1v) is 9.17. The monoisotopic (exact) mass is 361 g/mol. The van der Waals surface area contributed by atoms with Gasteiger partial charge in [0, 0.05) is 19.3 Å². The Balaban J connectivity index is 1.62. The largest absolute Gasteiger partial charge is 0.497 e. The minimum atomic E-state index is -0.462. The van der Waals surface area contributed by atoms with Crippen LogP contribution < -0.4 is 10.1 Å². The highest BCUT2D eigenvalue weighted by atomic mass is 32.2. The SMILES string of the molecule is COc1ccc([C@]2(C(=O)NCCSc3nnnn3C)CC2(C)C)cc1. The second-order valence-electron chi connectivity index (χ2n) is 6.88. The summed E-state index contributed by atoms with van der Waals surface area (Å²) in [6.07, 6.45) is 0.846. The Morgan fingerprint density at radius 1 is 1.36 bits per heavy atom. The van der Waals surface area contributed by atoms with Crippen LogP contribution in [0, 0.1) is 5.41 Å². The molecule has 8 heteroatoms. The van der Waals surface area contributed by atoms with Gasteiger partial charge >= 0.3 is 0 Å². The van der Waals surface area contributed by atoms with E-state index in [1.807, 2.05) is 24.3 Å². The number of nitrogens with one attached hydrogen (secondary N) is 1. The number of benzene rings is 1. The molecule has 0 spiro atoms. The third-order valence-corrected chi connectivity index (χ3v) is 5.92. The number of methoxy groups -OCH3 is 1. The van der Waals surface area contributed by atoms with Crippen molar-refractivity contribution in [3.8, 4) is 5.75 Å². The highest BCUT2D eigenvalue weighted by molar-refractivity contribution is 7.99. The molecule has 0 radical (unpaired) electrons. The summed E-state index contributed by atoms with van der Waals surface area (Å²) < 4.78 is 6.84. The van der Waals surface area contributed by atoms with Gasteiger partial charge in [-0.2, -0.15) is 0 Å². The summed E-state index contributed by atoms with van der Waals surface area (Å²) in [7, 11) is 3.44. The normalized spacial score (nSPS) is 21.0. The molecule has 1 aromatic carbocycles. The Morgan fingerprint density at radius 2 is 2.04 bits per heavy atom.